The zero-order chi connectivity index (χ0) is 29.7. The fraction of sp³-hybridized carbons (Fsp3) is 0.379. The van der Waals surface area contributed by atoms with Gasteiger partial charge in [0.1, 0.15) is 10.3 Å². The smallest absolute Gasteiger partial charge is 0.490 e. The summed E-state index contributed by atoms with van der Waals surface area (Å²) in [4.78, 5) is 43.4. The number of fused-ring (bicyclic) bond motifs is 3. The van der Waals surface area contributed by atoms with Crippen LogP contribution in [0.2, 0.25) is 0 Å². The van der Waals surface area contributed by atoms with E-state index in [1.54, 1.807) is 17.9 Å². The minimum Gasteiger partial charge on any atom is -0.494 e. The standard InChI is InChI=1S/C27H29N3O3S.C2HF3O2/c1-3-29(19-12-5-4-6-13-19)27(32)25-23(33-2)22-24(34-25)20-14-7-8-15-21(20)30(26(22)31)17-18-11-9-10-16-28-18;3-2(4,5)1(6)7/h7-11,14-16,19H,3-6,12-13,17H2,1-2H3;(H,6,7). The molecular weight excluding hydrogens is 559 g/mol. The summed E-state index contributed by atoms with van der Waals surface area (Å²) in [5.41, 5.74) is 1.47. The van der Waals surface area contributed by atoms with Gasteiger partial charge in [-0.1, -0.05) is 43.5 Å². The Morgan fingerprint density at radius 2 is 1.78 bits per heavy atom. The van der Waals surface area contributed by atoms with Crippen molar-refractivity contribution in [2.75, 3.05) is 13.7 Å². The largest absolute Gasteiger partial charge is 0.494 e. The molecular formula is C29H30F3N3O5S. The Bertz CT molecular complexity index is 1590. The van der Waals surface area contributed by atoms with Crippen molar-refractivity contribution in [3.05, 3.63) is 69.6 Å². The number of benzene rings is 1. The quantitative estimate of drug-likeness (QED) is 0.292. The highest BCUT2D eigenvalue weighted by atomic mass is 32.1. The van der Waals surface area contributed by atoms with Crippen LogP contribution < -0.4 is 10.3 Å². The van der Waals surface area contributed by atoms with Crippen molar-refractivity contribution in [1.82, 2.24) is 14.5 Å². The molecule has 41 heavy (non-hydrogen) atoms. The lowest BCUT2D eigenvalue weighted by atomic mass is 9.94. The first kappa shape index (κ1) is 30.0. The number of alkyl halides is 3. The molecule has 1 fully saturated rings. The Balaban J connectivity index is 0.000000493. The summed E-state index contributed by atoms with van der Waals surface area (Å²) < 4.78 is 40.0. The highest BCUT2D eigenvalue weighted by Gasteiger charge is 2.38. The van der Waals surface area contributed by atoms with Crippen LogP contribution in [0.1, 0.15) is 54.4 Å². The van der Waals surface area contributed by atoms with Crippen LogP contribution in [-0.2, 0) is 11.3 Å². The molecule has 4 aromatic rings. The lowest BCUT2D eigenvalue weighted by Crippen LogP contribution is -2.41. The summed E-state index contributed by atoms with van der Waals surface area (Å²) in [6, 6.07) is 13.8. The van der Waals surface area contributed by atoms with Gasteiger partial charge in [-0.2, -0.15) is 13.2 Å². The normalized spacial score (nSPS) is 14.0. The van der Waals surface area contributed by atoms with Gasteiger partial charge in [0.2, 0.25) is 0 Å². The van der Waals surface area contributed by atoms with E-state index in [0.717, 1.165) is 47.0 Å². The summed E-state index contributed by atoms with van der Waals surface area (Å²) in [7, 11) is 1.55. The number of nitrogens with zero attached hydrogens (tertiary/aromatic N) is 3. The molecule has 0 atom stereocenters. The molecule has 8 nitrogen and oxygen atoms in total. The van der Waals surface area contributed by atoms with Gasteiger partial charge < -0.3 is 19.3 Å². The van der Waals surface area contributed by atoms with Crippen molar-refractivity contribution in [2.45, 2.75) is 57.8 Å². The first-order chi connectivity index (χ1) is 19.6. The van der Waals surface area contributed by atoms with Crippen LogP contribution in [0, 0.1) is 0 Å². The number of hydrogen-bond donors (Lipinski definition) is 1. The van der Waals surface area contributed by atoms with Gasteiger partial charge in [-0.3, -0.25) is 14.6 Å². The van der Waals surface area contributed by atoms with E-state index in [0.29, 0.717) is 29.1 Å². The molecule has 1 aliphatic rings. The van der Waals surface area contributed by atoms with Gasteiger partial charge in [-0.05, 0) is 38.0 Å². The number of rotatable bonds is 6. The van der Waals surface area contributed by atoms with E-state index in [-0.39, 0.29) is 17.5 Å². The van der Waals surface area contributed by atoms with E-state index in [2.05, 4.69) is 4.98 Å². The van der Waals surface area contributed by atoms with Gasteiger partial charge in [-0.15, -0.1) is 11.3 Å². The molecule has 3 heterocycles. The van der Waals surface area contributed by atoms with Crippen LogP contribution in [-0.4, -0.2) is 57.3 Å². The number of methoxy groups -OCH3 is 1. The van der Waals surface area contributed by atoms with E-state index in [1.165, 1.54) is 17.8 Å². The number of aromatic nitrogens is 2. The third-order valence-electron chi connectivity index (χ3n) is 7.07. The molecule has 0 bridgehead atoms. The van der Waals surface area contributed by atoms with Crippen LogP contribution in [0.3, 0.4) is 0 Å². The van der Waals surface area contributed by atoms with Crippen LogP contribution in [0.25, 0.3) is 21.0 Å². The number of para-hydroxylation sites is 1. The molecule has 1 saturated carbocycles. The van der Waals surface area contributed by atoms with E-state index in [4.69, 9.17) is 14.6 Å². The number of pyridine rings is 2. The number of carbonyl (C=O) groups excluding carboxylic acids is 1. The Morgan fingerprint density at radius 3 is 2.37 bits per heavy atom. The third-order valence-corrected chi connectivity index (χ3v) is 8.26. The van der Waals surface area contributed by atoms with Crippen molar-refractivity contribution in [3.8, 4) is 5.75 Å². The second-order valence-corrected chi connectivity index (χ2v) is 10.6. The van der Waals surface area contributed by atoms with Crippen molar-refractivity contribution < 1.29 is 32.6 Å². The third kappa shape index (κ3) is 6.37. The van der Waals surface area contributed by atoms with E-state index in [1.807, 2.05) is 54.3 Å². The number of carbonyl (C=O) groups is 2. The second kappa shape index (κ2) is 12.7. The monoisotopic (exact) mass is 589 g/mol. The van der Waals surface area contributed by atoms with Gasteiger partial charge in [0.05, 0.1) is 29.6 Å². The maximum absolute atomic E-state index is 13.8. The fourth-order valence-electron chi connectivity index (χ4n) is 5.18. The van der Waals surface area contributed by atoms with E-state index < -0.39 is 12.1 Å². The van der Waals surface area contributed by atoms with Crippen molar-refractivity contribution in [2.24, 2.45) is 0 Å². The molecule has 0 spiro atoms. The molecule has 0 saturated heterocycles. The van der Waals surface area contributed by atoms with E-state index in [9.17, 15) is 22.8 Å². The molecule has 0 radical (unpaired) electrons. The van der Waals surface area contributed by atoms with Gasteiger partial charge in [0, 0.05) is 24.2 Å². The average Bonchev–Trinajstić information content (AvgIpc) is 3.37. The lowest BCUT2D eigenvalue weighted by molar-refractivity contribution is -0.192. The summed E-state index contributed by atoms with van der Waals surface area (Å²) in [6.45, 7) is 3.02. The van der Waals surface area contributed by atoms with Crippen molar-refractivity contribution >= 4 is 44.2 Å². The summed E-state index contributed by atoms with van der Waals surface area (Å²) >= 11 is 1.38. The average molecular weight is 590 g/mol. The van der Waals surface area contributed by atoms with E-state index >= 15 is 0 Å². The number of carboxylic acid groups (broad SMARTS) is 1. The molecule has 1 N–H and O–H groups in total. The molecule has 218 valence electrons. The number of ether oxygens (including phenoxy) is 1. The van der Waals surface area contributed by atoms with Crippen molar-refractivity contribution in [3.63, 3.8) is 0 Å². The maximum atomic E-state index is 13.8. The fourth-order valence-corrected chi connectivity index (χ4v) is 6.43. The summed E-state index contributed by atoms with van der Waals surface area (Å²) in [5.74, 6) is -2.40. The van der Waals surface area contributed by atoms with Crippen LogP contribution in [0.15, 0.2) is 53.5 Å². The molecule has 1 aliphatic carbocycles. The zero-order valence-corrected chi connectivity index (χ0v) is 23.4. The van der Waals surface area contributed by atoms with Gasteiger partial charge in [-0.25, -0.2) is 4.79 Å². The molecule has 0 unspecified atom stereocenters. The van der Waals surface area contributed by atoms with Crippen molar-refractivity contribution in [1.29, 1.82) is 0 Å². The highest BCUT2D eigenvalue weighted by Crippen LogP contribution is 2.41. The first-order valence-electron chi connectivity index (χ1n) is 13.2. The summed E-state index contributed by atoms with van der Waals surface area (Å²) in [5, 5.41) is 8.54. The minimum atomic E-state index is -5.08. The Hall–Kier alpha value is -3.93. The lowest BCUT2D eigenvalue weighted by Gasteiger charge is -2.33. The Morgan fingerprint density at radius 1 is 1.12 bits per heavy atom. The molecule has 1 amide bonds. The van der Waals surface area contributed by atoms with Crippen LogP contribution in [0.5, 0.6) is 5.75 Å². The SMILES string of the molecule is CCN(C(=O)c1sc2c(c1OC)c(=O)n(Cc1ccccn1)c1ccccc21)C1CCCCC1.O=C(O)C(F)(F)F. The Kier molecular flexibility index (Phi) is 9.31. The van der Waals surface area contributed by atoms with Crippen LogP contribution in [0.4, 0.5) is 13.2 Å². The number of halogens is 3. The number of hydrogen-bond acceptors (Lipinski definition) is 6. The Labute approximate surface area is 238 Å². The minimum absolute atomic E-state index is 0.0350. The van der Waals surface area contributed by atoms with Gasteiger partial charge in [0.25, 0.3) is 11.5 Å². The van der Waals surface area contributed by atoms with Gasteiger partial charge in [0.15, 0.2) is 5.75 Å². The number of aliphatic carboxylic acids is 1. The molecule has 5 rings (SSSR count). The second-order valence-electron chi connectivity index (χ2n) is 9.58. The number of carboxylic acids is 1. The molecule has 12 heteroatoms. The first-order valence-corrected chi connectivity index (χ1v) is 14.0. The highest BCUT2D eigenvalue weighted by molar-refractivity contribution is 7.22. The molecule has 1 aromatic carbocycles. The van der Waals surface area contributed by atoms with Crippen LogP contribution >= 0.6 is 11.3 Å². The predicted molar refractivity (Wildman–Crippen MR) is 151 cm³/mol. The maximum Gasteiger partial charge on any atom is 0.490 e. The predicted octanol–water partition coefficient (Wildman–Crippen LogP) is 6.10. The zero-order valence-electron chi connectivity index (χ0n) is 22.6. The molecule has 3 aromatic heterocycles. The summed E-state index contributed by atoms with van der Waals surface area (Å²) in [6.07, 6.45) is 2.25. The van der Waals surface area contributed by atoms with Gasteiger partial charge >= 0.3 is 12.1 Å². The topological polar surface area (TPSA) is 102 Å². The number of amides is 1. The number of thiophene rings is 1. The molecule has 0 aliphatic heterocycles.